The molecule has 0 fully saturated rings. The first-order valence-electron chi connectivity index (χ1n) is 8.26. The number of nitrogens with zero attached hydrogens (tertiary/aromatic N) is 3. The molecule has 0 atom stereocenters. The van der Waals surface area contributed by atoms with Gasteiger partial charge in [-0.25, -0.2) is 18.7 Å². The molecule has 0 saturated carbocycles. The molecule has 4 rings (SSSR count). The number of fused-ring (bicyclic) bond motifs is 1. The van der Waals surface area contributed by atoms with Crippen LogP contribution in [0.15, 0.2) is 48.8 Å². The molecule has 1 N–H and O–H groups in total. The predicted octanol–water partition coefficient (Wildman–Crippen LogP) is 5.71. The van der Waals surface area contributed by atoms with Crippen LogP contribution in [0.5, 0.6) is 0 Å². The highest BCUT2D eigenvalue weighted by molar-refractivity contribution is 6.30. The van der Waals surface area contributed by atoms with Crippen molar-refractivity contribution in [3.05, 3.63) is 76.7 Å². The normalized spacial score (nSPS) is 11.1. The highest BCUT2D eigenvalue weighted by Gasteiger charge is 2.18. The van der Waals surface area contributed by atoms with E-state index in [4.69, 9.17) is 11.6 Å². The lowest BCUT2D eigenvalue weighted by molar-refractivity contribution is 0.509. The Morgan fingerprint density at radius 3 is 2.56 bits per heavy atom. The molecule has 0 spiro atoms. The van der Waals surface area contributed by atoms with Gasteiger partial charge in [-0.2, -0.15) is 0 Å². The maximum absolute atomic E-state index is 13.5. The van der Waals surface area contributed by atoms with Crippen LogP contribution in [0.4, 0.5) is 20.3 Å². The van der Waals surface area contributed by atoms with Crippen LogP contribution >= 0.6 is 11.6 Å². The first-order valence-corrected chi connectivity index (χ1v) is 8.64. The van der Waals surface area contributed by atoms with Crippen LogP contribution in [0.3, 0.4) is 0 Å². The zero-order chi connectivity index (χ0) is 19.1. The quantitative estimate of drug-likeness (QED) is 0.491. The van der Waals surface area contributed by atoms with Crippen molar-refractivity contribution in [1.29, 1.82) is 0 Å². The number of hydrogen-bond donors (Lipinski definition) is 1. The van der Waals surface area contributed by atoms with E-state index in [1.54, 1.807) is 0 Å². The molecule has 136 valence electrons. The average Bonchev–Trinajstić information content (AvgIpc) is 2.90. The van der Waals surface area contributed by atoms with Crippen molar-refractivity contribution in [3.8, 4) is 5.69 Å². The number of rotatable bonds is 3. The Morgan fingerprint density at radius 1 is 1.00 bits per heavy atom. The summed E-state index contributed by atoms with van der Waals surface area (Å²) in [7, 11) is 0. The Kier molecular flexibility index (Phi) is 4.28. The fourth-order valence-electron chi connectivity index (χ4n) is 3.14. The second-order valence-electron chi connectivity index (χ2n) is 6.20. The van der Waals surface area contributed by atoms with Crippen molar-refractivity contribution in [2.24, 2.45) is 0 Å². The molecule has 0 amide bonds. The molecule has 0 aliphatic heterocycles. The van der Waals surface area contributed by atoms with Gasteiger partial charge in [0.1, 0.15) is 12.1 Å². The van der Waals surface area contributed by atoms with Gasteiger partial charge in [0.05, 0.1) is 5.39 Å². The third-order valence-electron chi connectivity index (χ3n) is 4.54. The Hall–Kier alpha value is -2.99. The minimum atomic E-state index is -0.922. The summed E-state index contributed by atoms with van der Waals surface area (Å²) in [4.78, 5) is 8.74. The van der Waals surface area contributed by atoms with Gasteiger partial charge in [-0.05, 0) is 49.7 Å². The number of nitrogens with one attached hydrogen (secondary N) is 1. The second-order valence-corrected chi connectivity index (χ2v) is 6.64. The zero-order valence-electron chi connectivity index (χ0n) is 14.6. The molecule has 0 aliphatic rings. The molecule has 4 aromatic rings. The van der Waals surface area contributed by atoms with Gasteiger partial charge in [-0.3, -0.25) is 4.57 Å². The molecule has 2 aromatic carbocycles. The Labute approximate surface area is 159 Å². The van der Waals surface area contributed by atoms with Gasteiger partial charge in [0.2, 0.25) is 0 Å². The number of aryl methyl sites for hydroxylation is 1. The first-order chi connectivity index (χ1) is 13.0. The summed E-state index contributed by atoms with van der Waals surface area (Å²) in [5.41, 5.74) is 3.96. The summed E-state index contributed by atoms with van der Waals surface area (Å²) in [6, 6.07) is 11.1. The van der Waals surface area contributed by atoms with E-state index in [2.05, 4.69) is 15.3 Å². The Balaban J connectivity index is 1.89. The van der Waals surface area contributed by atoms with Gasteiger partial charge in [0, 0.05) is 28.2 Å². The number of anilines is 2. The highest BCUT2D eigenvalue weighted by atomic mass is 35.5. The van der Waals surface area contributed by atoms with E-state index in [1.807, 2.05) is 42.7 Å². The van der Waals surface area contributed by atoms with E-state index in [0.29, 0.717) is 22.2 Å². The maximum Gasteiger partial charge on any atom is 0.160 e. The van der Waals surface area contributed by atoms with Crippen LogP contribution in [-0.2, 0) is 0 Å². The lowest BCUT2D eigenvalue weighted by Gasteiger charge is -2.09. The summed E-state index contributed by atoms with van der Waals surface area (Å²) in [5, 5.41) is 4.49. The number of benzene rings is 2. The molecule has 4 nitrogen and oxygen atoms in total. The van der Waals surface area contributed by atoms with Crippen LogP contribution < -0.4 is 5.32 Å². The average molecular weight is 385 g/mol. The monoisotopic (exact) mass is 384 g/mol. The SMILES string of the molecule is Cc1c(C)n(-c2cccc(Cl)c2)c2ncnc(Nc3ccc(F)c(F)c3)c12. The van der Waals surface area contributed by atoms with E-state index in [1.165, 1.54) is 12.4 Å². The minimum absolute atomic E-state index is 0.404. The van der Waals surface area contributed by atoms with Crippen LogP contribution in [0.1, 0.15) is 11.3 Å². The van der Waals surface area contributed by atoms with Gasteiger partial charge in [-0.15, -0.1) is 0 Å². The summed E-state index contributed by atoms with van der Waals surface area (Å²) in [6.07, 6.45) is 1.43. The second kappa shape index (κ2) is 6.63. The van der Waals surface area contributed by atoms with Crippen LogP contribution in [0.2, 0.25) is 5.02 Å². The lowest BCUT2D eigenvalue weighted by atomic mass is 10.2. The summed E-state index contributed by atoms with van der Waals surface area (Å²) >= 11 is 6.15. The first kappa shape index (κ1) is 17.4. The largest absolute Gasteiger partial charge is 0.339 e. The van der Waals surface area contributed by atoms with E-state index in [0.717, 1.165) is 34.5 Å². The molecule has 2 aromatic heterocycles. The molecule has 0 bridgehead atoms. The van der Waals surface area contributed by atoms with Gasteiger partial charge >= 0.3 is 0 Å². The predicted molar refractivity (Wildman–Crippen MR) is 103 cm³/mol. The molecule has 0 unspecified atom stereocenters. The van der Waals surface area contributed by atoms with E-state index >= 15 is 0 Å². The van der Waals surface area contributed by atoms with E-state index in [-0.39, 0.29) is 0 Å². The van der Waals surface area contributed by atoms with Gasteiger partial charge < -0.3 is 5.32 Å². The fourth-order valence-corrected chi connectivity index (χ4v) is 3.32. The topological polar surface area (TPSA) is 42.7 Å². The lowest BCUT2D eigenvalue weighted by Crippen LogP contribution is -2.00. The molecule has 27 heavy (non-hydrogen) atoms. The van der Waals surface area contributed by atoms with E-state index < -0.39 is 11.6 Å². The minimum Gasteiger partial charge on any atom is -0.339 e. The maximum atomic E-state index is 13.5. The molecular formula is C20H15ClF2N4. The smallest absolute Gasteiger partial charge is 0.160 e. The zero-order valence-corrected chi connectivity index (χ0v) is 15.4. The molecule has 0 saturated heterocycles. The van der Waals surface area contributed by atoms with Gasteiger partial charge in [-0.1, -0.05) is 17.7 Å². The van der Waals surface area contributed by atoms with Crippen molar-refractivity contribution >= 4 is 34.1 Å². The third-order valence-corrected chi connectivity index (χ3v) is 4.78. The molecule has 0 radical (unpaired) electrons. The van der Waals surface area contributed by atoms with Crippen molar-refractivity contribution < 1.29 is 8.78 Å². The standard InChI is InChI=1S/C20H15ClF2N4/c1-11-12(2)27(15-5-3-4-13(21)8-15)20-18(11)19(24-10-25-20)26-14-6-7-16(22)17(23)9-14/h3-10H,1-2H3,(H,24,25,26). The number of hydrogen-bond acceptors (Lipinski definition) is 3. The van der Waals surface area contributed by atoms with Gasteiger partial charge in [0.25, 0.3) is 0 Å². The molecular weight excluding hydrogens is 370 g/mol. The third kappa shape index (κ3) is 3.02. The van der Waals surface area contributed by atoms with Crippen molar-refractivity contribution in [2.45, 2.75) is 13.8 Å². The summed E-state index contributed by atoms with van der Waals surface area (Å²) in [6.45, 7) is 3.96. The van der Waals surface area contributed by atoms with Crippen LogP contribution in [0.25, 0.3) is 16.7 Å². The highest BCUT2D eigenvalue weighted by Crippen LogP contribution is 2.33. The fraction of sp³-hybridized carbons (Fsp3) is 0.100. The molecule has 2 heterocycles. The summed E-state index contributed by atoms with van der Waals surface area (Å²) in [5.74, 6) is -1.30. The van der Waals surface area contributed by atoms with Crippen LogP contribution in [-0.4, -0.2) is 14.5 Å². The molecule has 0 aliphatic carbocycles. The van der Waals surface area contributed by atoms with Crippen molar-refractivity contribution in [2.75, 3.05) is 5.32 Å². The Morgan fingerprint density at radius 2 is 1.81 bits per heavy atom. The number of aromatic nitrogens is 3. The number of halogens is 3. The van der Waals surface area contributed by atoms with Crippen molar-refractivity contribution in [3.63, 3.8) is 0 Å². The summed E-state index contributed by atoms with van der Waals surface area (Å²) < 4.78 is 28.7. The molecule has 7 heteroatoms. The van der Waals surface area contributed by atoms with E-state index in [9.17, 15) is 8.78 Å². The Bertz CT molecular complexity index is 1170. The van der Waals surface area contributed by atoms with Crippen molar-refractivity contribution in [1.82, 2.24) is 14.5 Å². The van der Waals surface area contributed by atoms with Crippen LogP contribution in [0, 0.1) is 25.5 Å². The van der Waals surface area contributed by atoms with Gasteiger partial charge in [0.15, 0.2) is 17.3 Å².